The summed E-state index contributed by atoms with van der Waals surface area (Å²) in [5.74, 6) is 0. The highest BCUT2D eigenvalue weighted by Gasteiger charge is 2.15. The van der Waals surface area contributed by atoms with E-state index in [1.165, 1.54) is 0 Å². The van der Waals surface area contributed by atoms with E-state index >= 15 is 0 Å². The number of hydrogen-bond donors (Lipinski definition) is 0. The monoisotopic (exact) mass is 180 g/mol. The van der Waals surface area contributed by atoms with Crippen molar-refractivity contribution in [2.24, 2.45) is 0 Å². The second-order valence-corrected chi connectivity index (χ2v) is 2.21. The van der Waals surface area contributed by atoms with E-state index in [4.69, 9.17) is 9.31 Å². The van der Waals surface area contributed by atoms with Gasteiger partial charge < -0.3 is 9.31 Å². The molecule has 13 heavy (non-hydrogen) atoms. The summed E-state index contributed by atoms with van der Waals surface area (Å²) in [5.41, 5.74) is 1.04. The average Bonchev–Trinajstić information content (AvgIpc) is 2.24. The molecule has 0 bridgehead atoms. The van der Waals surface area contributed by atoms with Gasteiger partial charge in [-0.2, -0.15) is 0 Å². The fourth-order valence-corrected chi connectivity index (χ4v) is 0.979. The normalized spacial score (nSPS) is 8.62. The van der Waals surface area contributed by atoms with Crippen LogP contribution in [0.25, 0.3) is 0 Å². The van der Waals surface area contributed by atoms with Crippen molar-refractivity contribution in [3.63, 3.8) is 0 Å². The number of hydrogen-bond acceptors (Lipinski definition) is 2. The van der Waals surface area contributed by atoms with Crippen LogP contribution in [-0.4, -0.2) is 21.3 Å². The molecule has 0 heterocycles. The van der Waals surface area contributed by atoms with E-state index in [1.54, 1.807) is 14.2 Å². The van der Waals surface area contributed by atoms with Crippen LogP contribution in [0.2, 0.25) is 0 Å². The molecule has 1 rings (SSSR count). The first-order valence-corrected chi connectivity index (χ1v) is 4.49. The van der Waals surface area contributed by atoms with Gasteiger partial charge in [-0.25, -0.2) is 0 Å². The Bertz CT molecular complexity index is 197. The summed E-state index contributed by atoms with van der Waals surface area (Å²) in [5, 5.41) is 0. The Balaban J connectivity index is 0.000000671. The summed E-state index contributed by atoms with van der Waals surface area (Å²) in [6.07, 6.45) is 0. The largest absolute Gasteiger partial charge is 0.493 e. The summed E-state index contributed by atoms with van der Waals surface area (Å²) in [6.45, 7) is 4.00. The minimum Gasteiger partial charge on any atom is -0.410 e. The molecule has 0 aliphatic heterocycles. The van der Waals surface area contributed by atoms with E-state index < -0.39 is 0 Å². The van der Waals surface area contributed by atoms with E-state index in [1.807, 2.05) is 44.2 Å². The average molecular weight is 180 g/mol. The van der Waals surface area contributed by atoms with E-state index in [-0.39, 0.29) is 7.12 Å². The fourth-order valence-electron chi connectivity index (χ4n) is 0.979. The van der Waals surface area contributed by atoms with Crippen molar-refractivity contribution < 1.29 is 9.31 Å². The standard InChI is InChI=1S/C8H11BO2.C2H6/c1-10-9(11-2)8-6-4-3-5-7-8;1-2/h3-7H,1-2H3;1-2H3. The van der Waals surface area contributed by atoms with Crippen LogP contribution in [0, 0.1) is 0 Å². The Hall–Kier alpha value is -0.795. The molecule has 72 valence electrons. The number of rotatable bonds is 3. The maximum absolute atomic E-state index is 5.06. The smallest absolute Gasteiger partial charge is 0.410 e. The quantitative estimate of drug-likeness (QED) is 0.659. The van der Waals surface area contributed by atoms with Crippen LogP contribution in [-0.2, 0) is 9.31 Å². The van der Waals surface area contributed by atoms with E-state index in [0.717, 1.165) is 5.46 Å². The lowest BCUT2D eigenvalue weighted by Crippen LogP contribution is -2.34. The molecule has 0 aromatic heterocycles. The van der Waals surface area contributed by atoms with Crippen molar-refractivity contribution in [3.8, 4) is 0 Å². The number of benzene rings is 1. The topological polar surface area (TPSA) is 18.5 Å². The third kappa shape index (κ3) is 4.11. The Morgan fingerprint density at radius 3 is 1.77 bits per heavy atom. The first-order chi connectivity index (χ1) is 6.38. The molecule has 0 spiro atoms. The molecular weight excluding hydrogens is 163 g/mol. The van der Waals surface area contributed by atoms with Gasteiger partial charge in [0, 0.05) is 14.2 Å². The maximum atomic E-state index is 5.06. The van der Waals surface area contributed by atoms with Gasteiger partial charge in [0.25, 0.3) is 0 Å². The van der Waals surface area contributed by atoms with E-state index in [2.05, 4.69) is 0 Å². The molecular formula is C10H17BO2. The lowest BCUT2D eigenvalue weighted by molar-refractivity contribution is 0.292. The summed E-state index contributed by atoms with van der Waals surface area (Å²) in [7, 11) is 3.01. The van der Waals surface area contributed by atoms with Crippen molar-refractivity contribution in [3.05, 3.63) is 30.3 Å². The fraction of sp³-hybridized carbons (Fsp3) is 0.400. The van der Waals surface area contributed by atoms with Crippen LogP contribution in [0.5, 0.6) is 0 Å². The SMILES string of the molecule is CC.COB(OC)c1ccccc1. The van der Waals surface area contributed by atoms with Gasteiger partial charge in [0.05, 0.1) is 0 Å². The van der Waals surface area contributed by atoms with Crippen molar-refractivity contribution in [2.75, 3.05) is 14.2 Å². The minimum atomic E-state index is -0.240. The molecule has 3 heteroatoms. The van der Waals surface area contributed by atoms with E-state index in [0.29, 0.717) is 0 Å². The van der Waals surface area contributed by atoms with Gasteiger partial charge >= 0.3 is 7.12 Å². The Kier molecular flexibility index (Phi) is 7.35. The molecule has 0 fully saturated rings. The van der Waals surface area contributed by atoms with Crippen molar-refractivity contribution in [2.45, 2.75) is 13.8 Å². The van der Waals surface area contributed by atoms with E-state index in [9.17, 15) is 0 Å². The Labute approximate surface area is 81.0 Å². The highest BCUT2D eigenvalue weighted by Crippen LogP contribution is 1.89. The summed E-state index contributed by atoms with van der Waals surface area (Å²) < 4.78 is 10.1. The molecule has 0 atom stereocenters. The Morgan fingerprint density at radius 2 is 1.38 bits per heavy atom. The summed E-state index contributed by atoms with van der Waals surface area (Å²) in [6, 6.07) is 9.82. The van der Waals surface area contributed by atoms with Crippen LogP contribution in [0.3, 0.4) is 0 Å². The molecule has 0 aliphatic carbocycles. The van der Waals surface area contributed by atoms with Gasteiger partial charge in [-0.15, -0.1) is 0 Å². The second-order valence-electron chi connectivity index (χ2n) is 2.21. The van der Waals surface area contributed by atoms with Crippen molar-refractivity contribution in [1.82, 2.24) is 0 Å². The zero-order valence-corrected chi connectivity index (χ0v) is 8.78. The minimum absolute atomic E-state index is 0.240. The zero-order chi connectivity index (χ0) is 10.1. The highest BCUT2D eigenvalue weighted by molar-refractivity contribution is 6.61. The molecule has 0 amide bonds. The molecule has 2 nitrogen and oxygen atoms in total. The first kappa shape index (κ1) is 12.2. The summed E-state index contributed by atoms with van der Waals surface area (Å²) in [4.78, 5) is 0. The Morgan fingerprint density at radius 1 is 0.923 bits per heavy atom. The predicted octanol–water partition coefficient (Wildman–Crippen LogP) is 1.70. The molecule has 0 saturated carbocycles. The van der Waals surface area contributed by atoms with Gasteiger partial charge in [0.1, 0.15) is 0 Å². The van der Waals surface area contributed by atoms with Crippen molar-refractivity contribution >= 4 is 12.6 Å². The third-order valence-corrected chi connectivity index (χ3v) is 1.50. The lowest BCUT2D eigenvalue weighted by atomic mass is 9.79. The van der Waals surface area contributed by atoms with Crippen LogP contribution in [0.1, 0.15) is 13.8 Å². The maximum Gasteiger partial charge on any atom is 0.493 e. The van der Waals surface area contributed by atoms with Gasteiger partial charge in [-0.1, -0.05) is 44.2 Å². The van der Waals surface area contributed by atoms with Gasteiger partial charge in [0.2, 0.25) is 0 Å². The molecule has 0 unspecified atom stereocenters. The highest BCUT2D eigenvalue weighted by atomic mass is 16.6. The second kappa shape index (κ2) is 7.83. The molecule has 1 aromatic rings. The van der Waals surface area contributed by atoms with Gasteiger partial charge in [-0.05, 0) is 5.46 Å². The molecule has 0 radical (unpaired) electrons. The third-order valence-electron chi connectivity index (χ3n) is 1.50. The zero-order valence-electron chi connectivity index (χ0n) is 8.78. The lowest BCUT2D eigenvalue weighted by Gasteiger charge is -2.07. The van der Waals surface area contributed by atoms with Gasteiger partial charge in [0.15, 0.2) is 0 Å². The van der Waals surface area contributed by atoms with Crippen LogP contribution in [0.4, 0.5) is 0 Å². The molecule has 0 saturated heterocycles. The predicted molar refractivity (Wildman–Crippen MR) is 57.2 cm³/mol. The molecule has 0 aliphatic rings. The van der Waals surface area contributed by atoms with Crippen molar-refractivity contribution in [1.29, 1.82) is 0 Å². The van der Waals surface area contributed by atoms with Crippen LogP contribution >= 0.6 is 0 Å². The van der Waals surface area contributed by atoms with Gasteiger partial charge in [-0.3, -0.25) is 0 Å². The van der Waals surface area contributed by atoms with Crippen LogP contribution in [0.15, 0.2) is 30.3 Å². The molecule has 1 aromatic carbocycles. The first-order valence-electron chi connectivity index (χ1n) is 4.49. The summed E-state index contributed by atoms with van der Waals surface area (Å²) >= 11 is 0. The van der Waals surface area contributed by atoms with Crippen LogP contribution < -0.4 is 5.46 Å². The molecule has 0 N–H and O–H groups in total.